The molecule has 2 aromatic rings. The fourth-order valence-corrected chi connectivity index (χ4v) is 2.01. The molecule has 1 aliphatic rings. The van der Waals surface area contributed by atoms with Crippen LogP contribution in [0.4, 0.5) is 13.2 Å². The van der Waals surface area contributed by atoms with Crippen LogP contribution in [0.2, 0.25) is 0 Å². The second-order valence-electron chi connectivity index (χ2n) is 5.29. The molecule has 0 bridgehead atoms. The van der Waals surface area contributed by atoms with E-state index in [0.717, 1.165) is 12.8 Å². The van der Waals surface area contributed by atoms with Crippen LogP contribution in [0.5, 0.6) is 0 Å². The Morgan fingerprint density at radius 2 is 1.96 bits per heavy atom. The normalized spacial score (nSPS) is 14.8. The van der Waals surface area contributed by atoms with Crippen molar-refractivity contribution < 1.29 is 27.7 Å². The Bertz CT molecular complexity index is 708. The lowest BCUT2D eigenvalue weighted by atomic mass is 10.1. The Morgan fingerprint density at radius 1 is 1.30 bits per heavy atom. The Hall–Kier alpha value is -2.42. The summed E-state index contributed by atoms with van der Waals surface area (Å²) < 4.78 is 41.4. The average Bonchev–Trinajstić information content (AvgIpc) is 3.22. The van der Waals surface area contributed by atoms with Gasteiger partial charge in [0.05, 0.1) is 6.54 Å². The largest absolute Gasteiger partial charge is 0.471 e. The summed E-state index contributed by atoms with van der Waals surface area (Å²) in [6.07, 6.45) is -3.12. The van der Waals surface area contributed by atoms with Crippen molar-refractivity contribution in [3.8, 4) is 11.4 Å². The maximum atomic E-state index is 12.4. The van der Waals surface area contributed by atoms with Gasteiger partial charge in [-0.3, -0.25) is 10.0 Å². The molecule has 3 rings (SSSR count). The van der Waals surface area contributed by atoms with E-state index < -0.39 is 12.1 Å². The number of nitrogens with zero attached hydrogens (tertiary/aromatic N) is 3. The van der Waals surface area contributed by atoms with Gasteiger partial charge in [-0.25, -0.2) is 5.06 Å². The number of halogens is 3. The lowest BCUT2D eigenvalue weighted by molar-refractivity contribution is -0.169. The van der Waals surface area contributed by atoms with E-state index >= 15 is 0 Å². The van der Waals surface area contributed by atoms with E-state index in [4.69, 9.17) is 0 Å². The Morgan fingerprint density at radius 3 is 2.48 bits per heavy atom. The molecule has 6 nitrogen and oxygen atoms in total. The molecule has 9 heteroatoms. The van der Waals surface area contributed by atoms with Crippen LogP contribution >= 0.6 is 0 Å². The number of aromatic nitrogens is 2. The number of amides is 1. The van der Waals surface area contributed by atoms with Crippen LogP contribution in [0, 0.1) is 5.92 Å². The van der Waals surface area contributed by atoms with Crippen LogP contribution in [0.25, 0.3) is 11.4 Å². The molecule has 0 spiro atoms. The minimum Gasteiger partial charge on any atom is -0.329 e. The lowest BCUT2D eigenvalue weighted by Crippen LogP contribution is -2.28. The molecule has 1 N–H and O–H groups in total. The molecule has 1 aliphatic carbocycles. The van der Waals surface area contributed by atoms with Gasteiger partial charge in [0.2, 0.25) is 11.7 Å². The molecule has 1 saturated carbocycles. The smallest absolute Gasteiger partial charge is 0.329 e. The third-order valence-electron chi connectivity index (χ3n) is 3.39. The quantitative estimate of drug-likeness (QED) is 0.690. The highest BCUT2D eigenvalue weighted by Crippen LogP contribution is 2.31. The first-order chi connectivity index (χ1) is 10.8. The number of carbonyl (C=O) groups excluding carboxylic acids is 1. The number of hydroxylamine groups is 2. The molecule has 0 atom stereocenters. The monoisotopic (exact) mass is 327 g/mol. The van der Waals surface area contributed by atoms with Gasteiger partial charge in [0, 0.05) is 11.5 Å². The van der Waals surface area contributed by atoms with Crippen LogP contribution in [-0.4, -0.2) is 26.3 Å². The molecule has 0 aliphatic heterocycles. The van der Waals surface area contributed by atoms with E-state index in [1.807, 2.05) is 0 Å². The molecule has 1 amide bonds. The van der Waals surface area contributed by atoms with E-state index in [9.17, 15) is 23.2 Å². The summed E-state index contributed by atoms with van der Waals surface area (Å²) in [5.74, 6) is -2.01. The Labute approximate surface area is 128 Å². The summed E-state index contributed by atoms with van der Waals surface area (Å²) >= 11 is 0. The lowest BCUT2D eigenvalue weighted by Gasteiger charge is -2.14. The minimum absolute atomic E-state index is 0.00958. The van der Waals surface area contributed by atoms with Crippen LogP contribution in [0.15, 0.2) is 28.8 Å². The fraction of sp³-hybridized carbons (Fsp3) is 0.357. The molecular formula is C14H12F3N3O3. The second kappa shape index (κ2) is 5.65. The van der Waals surface area contributed by atoms with Crippen molar-refractivity contribution in [3.05, 3.63) is 35.7 Å². The summed E-state index contributed by atoms with van der Waals surface area (Å²) in [7, 11) is 0. The van der Waals surface area contributed by atoms with Crippen LogP contribution in [-0.2, 0) is 17.5 Å². The zero-order valence-electron chi connectivity index (χ0n) is 11.7. The highest BCUT2D eigenvalue weighted by Gasteiger charge is 2.38. The Kier molecular flexibility index (Phi) is 3.80. The zero-order valence-corrected chi connectivity index (χ0v) is 11.7. The van der Waals surface area contributed by atoms with Gasteiger partial charge in [-0.05, 0) is 18.4 Å². The molecule has 1 heterocycles. The van der Waals surface area contributed by atoms with E-state index in [1.165, 1.54) is 12.1 Å². The zero-order chi connectivity index (χ0) is 16.6. The molecule has 1 fully saturated rings. The highest BCUT2D eigenvalue weighted by atomic mass is 19.4. The van der Waals surface area contributed by atoms with E-state index in [0.29, 0.717) is 16.2 Å². The number of alkyl halides is 3. The number of carbonyl (C=O) groups is 1. The van der Waals surface area contributed by atoms with E-state index in [1.54, 1.807) is 12.1 Å². The van der Waals surface area contributed by atoms with Crippen LogP contribution < -0.4 is 0 Å². The van der Waals surface area contributed by atoms with Crippen molar-refractivity contribution in [2.45, 2.75) is 25.6 Å². The van der Waals surface area contributed by atoms with Crippen molar-refractivity contribution in [2.75, 3.05) is 0 Å². The van der Waals surface area contributed by atoms with E-state index in [2.05, 4.69) is 14.7 Å². The summed E-state index contributed by atoms with van der Waals surface area (Å²) in [4.78, 5) is 14.9. The molecule has 23 heavy (non-hydrogen) atoms. The van der Waals surface area contributed by atoms with Crippen LogP contribution in [0.3, 0.4) is 0 Å². The van der Waals surface area contributed by atoms with Gasteiger partial charge in [0.1, 0.15) is 0 Å². The second-order valence-corrected chi connectivity index (χ2v) is 5.29. The van der Waals surface area contributed by atoms with Gasteiger partial charge in [-0.2, -0.15) is 18.2 Å². The van der Waals surface area contributed by atoms with Crippen molar-refractivity contribution in [1.82, 2.24) is 15.2 Å². The minimum atomic E-state index is -4.69. The summed E-state index contributed by atoms with van der Waals surface area (Å²) in [5.41, 5.74) is 0.968. The third kappa shape index (κ3) is 3.50. The first kappa shape index (κ1) is 15.5. The van der Waals surface area contributed by atoms with Crippen molar-refractivity contribution in [2.24, 2.45) is 5.92 Å². The number of rotatable bonds is 4. The average molecular weight is 327 g/mol. The number of hydrogen-bond acceptors (Lipinski definition) is 5. The predicted octanol–water partition coefficient (Wildman–Crippen LogP) is 2.88. The maximum absolute atomic E-state index is 12.4. The fourth-order valence-electron chi connectivity index (χ4n) is 2.01. The molecule has 1 aromatic heterocycles. The van der Waals surface area contributed by atoms with Gasteiger partial charge >= 0.3 is 12.1 Å². The molecule has 0 unspecified atom stereocenters. The standard InChI is InChI=1S/C14H12F3N3O3/c15-14(16,17)13-18-11(19-23-13)9-3-1-8(2-4-9)7-20(22)12(21)10-5-6-10/h1-4,10,22H,5-7H2. The summed E-state index contributed by atoms with van der Waals surface area (Å²) in [5, 5.41) is 13.6. The molecule has 1 aromatic carbocycles. The van der Waals surface area contributed by atoms with Gasteiger partial charge in [0.15, 0.2) is 0 Å². The molecule has 0 saturated heterocycles. The summed E-state index contributed by atoms with van der Waals surface area (Å²) in [6.45, 7) is 0.00958. The van der Waals surface area contributed by atoms with Crippen LogP contribution in [0.1, 0.15) is 24.3 Å². The molecular weight excluding hydrogens is 315 g/mol. The summed E-state index contributed by atoms with van der Waals surface area (Å²) in [6, 6.07) is 6.14. The van der Waals surface area contributed by atoms with Crippen molar-refractivity contribution in [3.63, 3.8) is 0 Å². The van der Waals surface area contributed by atoms with E-state index in [-0.39, 0.29) is 24.2 Å². The first-order valence-corrected chi connectivity index (χ1v) is 6.85. The molecule has 0 radical (unpaired) electrons. The highest BCUT2D eigenvalue weighted by molar-refractivity contribution is 5.79. The number of hydrogen-bond donors (Lipinski definition) is 1. The van der Waals surface area contributed by atoms with Crippen molar-refractivity contribution >= 4 is 5.91 Å². The SMILES string of the molecule is O=C(C1CC1)N(O)Cc1ccc(-c2noc(C(F)(F)F)n2)cc1. The van der Waals surface area contributed by atoms with Gasteiger partial charge in [-0.15, -0.1) is 0 Å². The maximum Gasteiger partial charge on any atom is 0.471 e. The topological polar surface area (TPSA) is 79.5 Å². The first-order valence-electron chi connectivity index (χ1n) is 6.85. The van der Waals surface area contributed by atoms with Gasteiger partial charge < -0.3 is 4.52 Å². The Balaban J connectivity index is 1.69. The van der Waals surface area contributed by atoms with Crippen molar-refractivity contribution in [1.29, 1.82) is 0 Å². The predicted molar refractivity (Wildman–Crippen MR) is 69.8 cm³/mol. The van der Waals surface area contributed by atoms with Gasteiger partial charge in [-0.1, -0.05) is 29.4 Å². The molecule has 122 valence electrons. The number of benzene rings is 1. The van der Waals surface area contributed by atoms with Gasteiger partial charge in [0.25, 0.3) is 0 Å². The third-order valence-corrected chi connectivity index (χ3v) is 3.39.